The summed E-state index contributed by atoms with van der Waals surface area (Å²) in [6, 6.07) is 0.243. The van der Waals surface area contributed by atoms with E-state index in [1.165, 1.54) is 6.92 Å². The number of hydrogen-bond acceptors (Lipinski definition) is 10. The van der Waals surface area contributed by atoms with E-state index in [4.69, 9.17) is 5.73 Å². The van der Waals surface area contributed by atoms with Crippen molar-refractivity contribution in [1.82, 2.24) is 36.9 Å². The van der Waals surface area contributed by atoms with E-state index < -0.39 is 96.7 Å². The van der Waals surface area contributed by atoms with Crippen molar-refractivity contribution in [2.24, 2.45) is 17.6 Å². The van der Waals surface area contributed by atoms with Crippen LogP contribution in [0.4, 0.5) is 0 Å². The molecular formula is C34H52N8O9S. The predicted octanol–water partition coefficient (Wildman–Crippen LogP) is -1.30. The van der Waals surface area contributed by atoms with Gasteiger partial charge in [0, 0.05) is 29.3 Å². The van der Waals surface area contributed by atoms with Gasteiger partial charge in [-0.2, -0.15) is 12.6 Å². The van der Waals surface area contributed by atoms with Crippen LogP contribution in [0, 0.1) is 11.8 Å². The van der Waals surface area contributed by atoms with E-state index in [9.17, 15) is 43.8 Å². The van der Waals surface area contributed by atoms with Crippen molar-refractivity contribution in [2.45, 2.75) is 90.1 Å². The smallest absolute Gasteiger partial charge is 0.326 e. The topological polar surface area (TPSA) is 274 Å². The molecule has 0 spiro atoms. The maximum atomic E-state index is 13.3. The molecule has 7 unspecified atom stereocenters. The third-order valence-corrected chi connectivity index (χ3v) is 8.78. The van der Waals surface area contributed by atoms with Crippen molar-refractivity contribution in [3.8, 4) is 0 Å². The molecule has 0 aliphatic heterocycles. The first kappa shape index (κ1) is 43.5. The second kappa shape index (κ2) is 21.0. The number of aliphatic hydroxyl groups excluding tert-OH is 1. The number of aromatic nitrogens is 1. The molecule has 0 bridgehead atoms. The molecule has 0 aliphatic rings. The molecule has 17 nitrogen and oxygen atoms in total. The number of aliphatic carboxylic acids is 1. The Kier molecular flexibility index (Phi) is 17.6. The lowest BCUT2D eigenvalue weighted by Gasteiger charge is -2.26. The van der Waals surface area contributed by atoms with Crippen molar-refractivity contribution >= 4 is 64.9 Å². The van der Waals surface area contributed by atoms with Gasteiger partial charge in [0.15, 0.2) is 0 Å². The van der Waals surface area contributed by atoms with Gasteiger partial charge in [0.05, 0.1) is 19.2 Å². The Hall–Kier alpha value is -4.68. The lowest BCUT2D eigenvalue weighted by Crippen LogP contribution is -2.58. The first-order chi connectivity index (χ1) is 24.5. The number of carboxylic acids is 1. The van der Waals surface area contributed by atoms with Gasteiger partial charge in [0.2, 0.25) is 35.4 Å². The molecule has 0 saturated heterocycles. The molecule has 1 aromatic carbocycles. The maximum Gasteiger partial charge on any atom is 0.326 e. The second-order valence-electron chi connectivity index (χ2n) is 13.1. The zero-order valence-corrected chi connectivity index (χ0v) is 30.9. The van der Waals surface area contributed by atoms with E-state index in [1.54, 1.807) is 20.0 Å². The van der Waals surface area contributed by atoms with Gasteiger partial charge in [0.25, 0.3) is 0 Å². The summed E-state index contributed by atoms with van der Waals surface area (Å²) in [6.07, 6.45) is 2.36. The van der Waals surface area contributed by atoms with Crippen LogP contribution in [0.2, 0.25) is 0 Å². The van der Waals surface area contributed by atoms with Crippen molar-refractivity contribution in [3.63, 3.8) is 0 Å². The fourth-order valence-corrected chi connectivity index (χ4v) is 5.30. The number of nitrogens with one attached hydrogen (secondary N) is 7. The van der Waals surface area contributed by atoms with Gasteiger partial charge >= 0.3 is 5.97 Å². The third-order valence-electron chi connectivity index (χ3n) is 8.39. The highest BCUT2D eigenvalue weighted by Gasteiger charge is 2.32. The molecule has 18 heteroatoms. The van der Waals surface area contributed by atoms with Crippen molar-refractivity contribution in [2.75, 3.05) is 18.9 Å². The van der Waals surface area contributed by atoms with E-state index in [0.29, 0.717) is 12.0 Å². The maximum absolute atomic E-state index is 13.3. The molecule has 1 aromatic heterocycles. The minimum atomic E-state index is -1.51. The first-order valence-electron chi connectivity index (χ1n) is 17.1. The summed E-state index contributed by atoms with van der Waals surface area (Å²) < 4.78 is 0. The third kappa shape index (κ3) is 13.1. The molecule has 7 atom stereocenters. The lowest BCUT2D eigenvalue weighted by molar-refractivity contribution is -0.142. The van der Waals surface area contributed by atoms with E-state index in [2.05, 4.69) is 49.5 Å². The summed E-state index contributed by atoms with van der Waals surface area (Å²) in [5.74, 6) is -6.14. The van der Waals surface area contributed by atoms with Crippen LogP contribution in [0.15, 0.2) is 30.5 Å². The number of amides is 6. The molecule has 0 radical (unpaired) electrons. The number of nitrogens with two attached hydrogens (primary N) is 1. The molecule has 2 rings (SSSR count). The standard InChI is InChI=1S/C34H52N8O9S/c1-6-18(4)28(33(49)40-25(34(50)51)12-20-13-36-23-10-8-7-9-21(20)23)42-27(44)14-37-31(47)26(15-43)41-29(45)19(5)38-32(48)24(11-17(2)3)39-30(46)22(35)16-52/h7-10,13,17-19,22,24-26,28,36,43,52H,6,11-12,14-16,35H2,1-5H3,(H,37,47)(H,38,48)(H,39,46)(H,40,49)(H,41,45)(H,42,44)(H,50,51). The molecule has 11 N–H and O–H groups in total. The van der Waals surface area contributed by atoms with E-state index in [1.807, 2.05) is 38.1 Å². The summed E-state index contributed by atoms with van der Waals surface area (Å²) >= 11 is 3.99. The van der Waals surface area contributed by atoms with Gasteiger partial charge in [-0.05, 0) is 36.8 Å². The number of thiol groups is 1. The number of rotatable bonds is 21. The molecule has 288 valence electrons. The number of aliphatic hydroxyl groups is 1. The zero-order chi connectivity index (χ0) is 39.1. The highest BCUT2D eigenvalue weighted by molar-refractivity contribution is 7.80. The number of aromatic amines is 1. The molecule has 2 aromatic rings. The average Bonchev–Trinajstić information content (AvgIpc) is 3.52. The molecule has 1 heterocycles. The van der Waals surface area contributed by atoms with Gasteiger partial charge in [-0.3, -0.25) is 28.8 Å². The van der Waals surface area contributed by atoms with E-state index >= 15 is 0 Å². The number of fused-ring (bicyclic) bond motifs is 1. The molecular weight excluding hydrogens is 696 g/mol. The van der Waals surface area contributed by atoms with Crippen LogP contribution in [0.5, 0.6) is 0 Å². The fraction of sp³-hybridized carbons (Fsp3) is 0.559. The number of carboxylic acid groups (broad SMARTS) is 1. The Morgan fingerprint density at radius 2 is 1.46 bits per heavy atom. The Labute approximate surface area is 307 Å². The minimum Gasteiger partial charge on any atom is -0.480 e. The number of carbonyl (C=O) groups excluding carboxylic acids is 6. The van der Waals surface area contributed by atoms with Crippen LogP contribution >= 0.6 is 12.6 Å². The summed E-state index contributed by atoms with van der Waals surface area (Å²) in [4.78, 5) is 92.2. The Balaban J connectivity index is 1.98. The summed E-state index contributed by atoms with van der Waals surface area (Å²) in [7, 11) is 0. The van der Waals surface area contributed by atoms with Gasteiger partial charge in [-0.15, -0.1) is 0 Å². The SMILES string of the molecule is CCC(C)C(NC(=O)CNC(=O)C(CO)NC(=O)C(C)NC(=O)C(CC(C)C)NC(=O)C(N)CS)C(=O)NC(Cc1c[nH]c2ccccc12)C(=O)O. The number of benzene rings is 1. The van der Waals surface area contributed by atoms with Crippen molar-refractivity contribution in [1.29, 1.82) is 0 Å². The predicted molar refractivity (Wildman–Crippen MR) is 196 cm³/mol. The first-order valence-corrected chi connectivity index (χ1v) is 17.7. The fourth-order valence-electron chi connectivity index (χ4n) is 5.13. The Morgan fingerprint density at radius 1 is 0.827 bits per heavy atom. The number of hydrogen-bond donors (Lipinski definition) is 11. The molecule has 52 heavy (non-hydrogen) atoms. The van der Waals surface area contributed by atoms with E-state index in [0.717, 1.165) is 10.9 Å². The van der Waals surface area contributed by atoms with Crippen LogP contribution < -0.4 is 37.6 Å². The average molecular weight is 749 g/mol. The van der Waals surface area contributed by atoms with Crippen LogP contribution in [0.25, 0.3) is 10.9 Å². The number of carbonyl (C=O) groups is 7. The van der Waals surface area contributed by atoms with Crippen LogP contribution in [-0.2, 0) is 40.0 Å². The Morgan fingerprint density at radius 3 is 2.06 bits per heavy atom. The quantitative estimate of drug-likeness (QED) is 0.0672. The van der Waals surface area contributed by atoms with Crippen LogP contribution in [0.1, 0.15) is 53.0 Å². The van der Waals surface area contributed by atoms with Gasteiger partial charge < -0.3 is 52.8 Å². The van der Waals surface area contributed by atoms with Crippen molar-refractivity contribution < 1.29 is 43.8 Å². The van der Waals surface area contributed by atoms with Gasteiger partial charge in [-0.25, -0.2) is 4.79 Å². The largest absolute Gasteiger partial charge is 0.480 e. The summed E-state index contributed by atoms with van der Waals surface area (Å²) in [6.45, 7) is 7.03. The van der Waals surface area contributed by atoms with Gasteiger partial charge in [0.1, 0.15) is 30.2 Å². The normalized spacial score (nSPS) is 15.2. The van der Waals surface area contributed by atoms with E-state index in [-0.39, 0.29) is 24.5 Å². The molecule has 0 fully saturated rings. The monoisotopic (exact) mass is 748 g/mol. The molecule has 0 aliphatic carbocycles. The van der Waals surface area contributed by atoms with Crippen LogP contribution in [0.3, 0.4) is 0 Å². The minimum absolute atomic E-state index is 0.000404. The lowest BCUT2D eigenvalue weighted by atomic mass is 9.97. The summed E-state index contributed by atoms with van der Waals surface area (Å²) in [5.41, 5.74) is 7.19. The highest BCUT2D eigenvalue weighted by Crippen LogP contribution is 2.19. The molecule has 0 saturated carbocycles. The highest BCUT2D eigenvalue weighted by atomic mass is 32.1. The Bertz CT molecular complexity index is 1570. The number of para-hydroxylation sites is 1. The second-order valence-corrected chi connectivity index (χ2v) is 13.4. The molecule has 6 amide bonds. The van der Waals surface area contributed by atoms with Crippen molar-refractivity contribution in [3.05, 3.63) is 36.0 Å². The summed E-state index contributed by atoms with van der Waals surface area (Å²) in [5, 5.41) is 35.2. The zero-order valence-electron chi connectivity index (χ0n) is 30.0. The number of H-pyrrole nitrogens is 1. The van der Waals surface area contributed by atoms with Gasteiger partial charge in [-0.1, -0.05) is 52.3 Å². The van der Waals surface area contributed by atoms with Crippen LogP contribution in [-0.4, -0.2) is 112 Å².